The summed E-state index contributed by atoms with van der Waals surface area (Å²) in [6, 6.07) is -0.277. The summed E-state index contributed by atoms with van der Waals surface area (Å²) in [4.78, 5) is 35.9. The molecule has 0 aromatic rings. The number of urea groups is 1. The fourth-order valence-corrected chi connectivity index (χ4v) is 4.72. The number of aliphatic imine (C=N–C) groups is 1. The van der Waals surface area contributed by atoms with Crippen LogP contribution in [0.2, 0.25) is 0 Å². The van der Waals surface area contributed by atoms with Crippen LogP contribution in [0.1, 0.15) is 45.4 Å². The van der Waals surface area contributed by atoms with Crippen molar-refractivity contribution in [1.82, 2.24) is 14.7 Å². The molecule has 1 saturated carbocycles. The van der Waals surface area contributed by atoms with Crippen LogP contribution in [0.15, 0.2) is 4.99 Å². The summed E-state index contributed by atoms with van der Waals surface area (Å²) < 4.78 is 7.48. The molecule has 0 spiro atoms. The monoisotopic (exact) mass is 376 g/mol. The molecular weight excluding hydrogens is 346 g/mol. The molecule has 8 nitrogen and oxygen atoms in total. The van der Waals surface area contributed by atoms with E-state index >= 15 is 0 Å². The number of guanidine groups is 1. The largest absolute Gasteiger partial charge is 0.392 e. The van der Waals surface area contributed by atoms with Crippen LogP contribution in [0.5, 0.6) is 0 Å². The fourth-order valence-electron chi connectivity index (χ4n) is 4.72. The number of amidine groups is 1. The lowest BCUT2D eigenvalue weighted by atomic mass is 9.94. The number of ether oxygens (including phenoxy) is 1. The van der Waals surface area contributed by atoms with Gasteiger partial charge in [0.1, 0.15) is 0 Å². The van der Waals surface area contributed by atoms with Gasteiger partial charge in [0.2, 0.25) is 11.9 Å². The molecule has 1 unspecified atom stereocenters. The summed E-state index contributed by atoms with van der Waals surface area (Å²) in [6.07, 6.45) is 7.23. The van der Waals surface area contributed by atoms with Crippen molar-refractivity contribution in [2.45, 2.75) is 57.5 Å². The van der Waals surface area contributed by atoms with Crippen LogP contribution in [-0.2, 0) is 9.53 Å². The van der Waals surface area contributed by atoms with Crippen molar-refractivity contribution in [3.05, 3.63) is 0 Å². The van der Waals surface area contributed by atoms with Crippen molar-refractivity contribution < 1.29 is 18.9 Å². The molecular formula is C19H30N5O3+. The maximum atomic E-state index is 13.2. The van der Waals surface area contributed by atoms with E-state index in [1.54, 1.807) is 11.9 Å². The van der Waals surface area contributed by atoms with E-state index in [4.69, 9.17) is 9.73 Å². The van der Waals surface area contributed by atoms with Gasteiger partial charge in [0.25, 0.3) is 5.91 Å². The van der Waals surface area contributed by atoms with Crippen LogP contribution in [-0.4, -0.2) is 95.0 Å². The minimum atomic E-state index is -0.476. The number of carbonyl (C=O) groups is 2. The lowest BCUT2D eigenvalue weighted by Gasteiger charge is -2.35. The molecule has 0 aromatic carbocycles. The minimum absolute atomic E-state index is 0.169. The second-order valence-corrected chi connectivity index (χ2v) is 7.73. The zero-order chi connectivity index (χ0) is 19.0. The van der Waals surface area contributed by atoms with Gasteiger partial charge in [-0.1, -0.05) is 24.3 Å². The number of hydrogen-bond donors (Lipinski definition) is 0. The highest BCUT2D eigenvalue weighted by Crippen LogP contribution is 2.28. The summed E-state index contributed by atoms with van der Waals surface area (Å²) in [7, 11) is 1.72. The number of hydrogen-bond acceptors (Lipinski definition) is 5. The Hall–Kier alpha value is -1.96. The Labute approximate surface area is 160 Å². The number of rotatable bonds is 5. The Morgan fingerprint density at radius 3 is 2.70 bits per heavy atom. The first kappa shape index (κ1) is 18.4. The fraction of sp³-hybridized carbons (Fsp3) is 0.789. The molecule has 0 aromatic heterocycles. The SMILES string of the molecule is CCOCCN1C(=O)C2C(=NC3=[N+]2CCCN3C2CCCCC2)N(C)C1=O. The average Bonchev–Trinajstić information content (AvgIpc) is 3.09. The molecule has 2 fully saturated rings. The topological polar surface area (TPSA) is 68.5 Å². The molecule has 3 aliphatic heterocycles. The van der Waals surface area contributed by atoms with Crippen LogP contribution in [0.4, 0.5) is 4.79 Å². The van der Waals surface area contributed by atoms with E-state index in [0.717, 1.165) is 25.5 Å². The van der Waals surface area contributed by atoms with Crippen molar-refractivity contribution in [3.63, 3.8) is 0 Å². The molecule has 27 heavy (non-hydrogen) atoms. The summed E-state index contributed by atoms with van der Waals surface area (Å²) in [5, 5.41) is 0. The second-order valence-electron chi connectivity index (χ2n) is 7.73. The van der Waals surface area contributed by atoms with Crippen molar-refractivity contribution in [3.8, 4) is 0 Å². The molecule has 8 heteroatoms. The van der Waals surface area contributed by atoms with Gasteiger partial charge in [0.05, 0.1) is 32.3 Å². The summed E-state index contributed by atoms with van der Waals surface area (Å²) >= 11 is 0. The molecule has 4 rings (SSSR count). The van der Waals surface area contributed by atoms with Crippen molar-refractivity contribution in [2.24, 2.45) is 4.99 Å². The number of amides is 3. The van der Waals surface area contributed by atoms with E-state index < -0.39 is 6.04 Å². The van der Waals surface area contributed by atoms with Crippen LogP contribution >= 0.6 is 0 Å². The highest BCUT2D eigenvalue weighted by molar-refractivity contribution is 6.22. The molecule has 4 aliphatic rings. The standard InChI is InChI=1S/C19H30N5O3/c1-3-27-13-12-24-17(25)15-16(21(2)19(24)26)20-18-22(10-7-11-23(15)18)14-8-5-4-6-9-14/h14-15H,3-13H2,1-2H3/q+1. The van der Waals surface area contributed by atoms with Crippen molar-refractivity contribution in [1.29, 1.82) is 0 Å². The number of carbonyl (C=O) groups excluding carboxylic acids is 2. The predicted molar refractivity (Wildman–Crippen MR) is 101 cm³/mol. The van der Waals surface area contributed by atoms with Gasteiger partial charge in [-0.05, 0) is 19.8 Å². The molecule has 0 bridgehead atoms. The highest BCUT2D eigenvalue weighted by Gasteiger charge is 2.54. The highest BCUT2D eigenvalue weighted by atomic mass is 16.5. The van der Waals surface area contributed by atoms with Crippen LogP contribution in [0.3, 0.4) is 0 Å². The van der Waals surface area contributed by atoms with Crippen molar-refractivity contribution in [2.75, 3.05) is 39.9 Å². The molecule has 1 aliphatic carbocycles. The third-order valence-corrected chi connectivity index (χ3v) is 6.12. The van der Waals surface area contributed by atoms with Crippen molar-refractivity contribution >= 4 is 23.7 Å². The van der Waals surface area contributed by atoms with Gasteiger partial charge in [0, 0.05) is 20.1 Å². The number of fused-ring (bicyclic) bond motifs is 2. The molecule has 0 radical (unpaired) electrons. The van der Waals surface area contributed by atoms with Gasteiger partial charge in [-0.15, -0.1) is 0 Å². The molecule has 1 saturated heterocycles. The maximum absolute atomic E-state index is 13.2. The van der Waals surface area contributed by atoms with E-state index in [9.17, 15) is 9.59 Å². The molecule has 0 N–H and O–H groups in total. The Kier molecular flexibility index (Phi) is 5.16. The van der Waals surface area contributed by atoms with E-state index in [2.05, 4.69) is 9.48 Å². The number of imide groups is 1. The number of nitrogens with zero attached hydrogens (tertiary/aromatic N) is 5. The Morgan fingerprint density at radius 1 is 1.19 bits per heavy atom. The van der Waals surface area contributed by atoms with E-state index in [0.29, 0.717) is 25.1 Å². The van der Waals surface area contributed by atoms with Crippen LogP contribution < -0.4 is 0 Å². The third kappa shape index (κ3) is 3.13. The molecule has 3 heterocycles. The smallest absolute Gasteiger partial charge is 0.380 e. The maximum Gasteiger partial charge on any atom is 0.392 e. The first-order chi connectivity index (χ1) is 13.1. The van der Waals surface area contributed by atoms with Crippen LogP contribution in [0, 0.1) is 0 Å². The first-order valence-electron chi connectivity index (χ1n) is 10.3. The van der Waals surface area contributed by atoms with Gasteiger partial charge >= 0.3 is 12.0 Å². The van der Waals surface area contributed by atoms with Gasteiger partial charge in [-0.2, -0.15) is 0 Å². The molecule has 3 amide bonds. The summed E-state index contributed by atoms with van der Waals surface area (Å²) in [5.74, 6) is 1.31. The average molecular weight is 376 g/mol. The molecule has 1 atom stereocenters. The third-order valence-electron chi connectivity index (χ3n) is 6.12. The molecule has 148 valence electrons. The summed E-state index contributed by atoms with van der Waals surface area (Å²) in [5.41, 5.74) is 0. The second kappa shape index (κ2) is 7.58. The lowest BCUT2D eigenvalue weighted by molar-refractivity contribution is -0.546. The lowest BCUT2D eigenvalue weighted by Crippen LogP contribution is -2.63. The normalized spacial score (nSPS) is 26.5. The Balaban J connectivity index is 1.61. The van der Waals surface area contributed by atoms with E-state index in [-0.39, 0.29) is 18.5 Å². The van der Waals surface area contributed by atoms with Crippen LogP contribution in [0.25, 0.3) is 0 Å². The van der Waals surface area contributed by atoms with Gasteiger partial charge in [0.15, 0.2) is 0 Å². The zero-order valence-corrected chi connectivity index (χ0v) is 16.4. The van der Waals surface area contributed by atoms with E-state index in [1.165, 1.54) is 37.0 Å². The Morgan fingerprint density at radius 2 is 1.96 bits per heavy atom. The van der Waals surface area contributed by atoms with Gasteiger partial charge in [-0.3, -0.25) is 19.5 Å². The quantitative estimate of drug-likeness (QED) is 0.532. The van der Waals surface area contributed by atoms with E-state index in [1.807, 2.05) is 6.92 Å². The number of likely N-dealkylation sites (N-methyl/N-ethyl adjacent to an activating group) is 1. The van der Waals surface area contributed by atoms with Gasteiger partial charge < -0.3 is 4.74 Å². The summed E-state index contributed by atoms with van der Waals surface area (Å²) in [6.45, 7) is 4.93. The van der Waals surface area contributed by atoms with Gasteiger partial charge in [-0.25, -0.2) is 9.37 Å². The first-order valence-corrected chi connectivity index (χ1v) is 10.3. The minimum Gasteiger partial charge on any atom is -0.380 e. The zero-order valence-electron chi connectivity index (χ0n) is 16.4. The Bertz CT molecular complexity index is 683. The predicted octanol–water partition coefficient (Wildman–Crippen LogP) is 1.10.